The Morgan fingerprint density at radius 2 is 1.89 bits per heavy atom. The second-order valence-corrected chi connectivity index (χ2v) is 6.93. The number of nitrogen functional groups attached to an aromatic ring is 1. The van der Waals surface area contributed by atoms with Gasteiger partial charge in [-0.05, 0) is 40.5 Å². The molecule has 19 heavy (non-hydrogen) atoms. The molecule has 4 N–H and O–H groups in total. The van der Waals surface area contributed by atoms with Gasteiger partial charge < -0.3 is 16.4 Å². The van der Waals surface area contributed by atoms with Crippen molar-refractivity contribution in [3.05, 3.63) is 11.3 Å². The van der Waals surface area contributed by atoms with Crippen molar-refractivity contribution in [1.82, 2.24) is 15.3 Å². The minimum absolute atomic E-state index is 0.0881. The molecule has 1 fully saturated rings. The Labute approximate surface area is 119 Å². The van der Waals surface area contributed by atoms with E-state index in [-0.39, 0.29) is 22.0 Å². The number of rotatable bonds is 2. The molecule has 0 atom stereocenters. The molecule has 0 radical (unpaired) electrons. The summed E-state index contributed by atoms with van der Waals surface area (Å²) in [5.41, 5.74) is 5.85. The van der Waals surface area contributed by atoms with Crippen LogP contribution in [0.4, 0.5) is 11.6 Å². The molecule has 0 bridgehead atoms. The number of piperidine rings is 1. The maximum atomic E-state index is 5.78. The van der Waals surface area contributed by atoms with E-state index in [9.17, 15) is 0 Å². The van der Waals surface area contributed by atoms with Gasteiger partial charge in [0.05, 0.1) is 6.20 Å². The molecule has 0 saturated carbocycles. The fourth-order valence-corrected chi connectivity index (χ4v) is 3.18. The molecule has 1 aromatic heterocycles. The molecule has 6 heteroatoms. The number of hydrogen-bond acceptors (Lipinski definition) is 5. The highest BCUT2D eigenvalue weighted by Gasteiger charge is 2.37. The summed E-state index contributed by atoms with van der Waals surface area (Å²) in [7, 11) is 0. The molecule has 0 unspecified atom stereocenters. The first-order valence-electron chi connectivity index (χ1n) is 6.51. The average Bonchev–Trinajstić information content (AvgIpc) is 2.18. The van der Waals surface area contributed by atoms with Crippen molar-refractivity contribution >= 4 is 23.2 Å². The normalized spacial score (nSPS) is 22.2. The summed E-state index contributed by atoms with van der Waals surface area (Å²) in [5, 5.41) is 7.30. The van der Waals surface area contributed by atoms with Gasteiger partial charge in [0.1, 0.15) is 5.82 Å². The van der Waals surface area contributed by atoms with E-state index >= 15 is 0 Å². The molecular formula is C13H22ClN5. The van der Waals surface area contributed by atoms with Crippen LogP contribution >= 0.6 is 11.6 Å². The van der Waals surface area contributed by atoms with Gasteiger partial charge in [-0.2, -0.15) is 0 Å². The zero-order valence-electron chi connectivity index (χ0n) is 11.9. The van der Waals surface area contributed by atoms with E-state index in [4.69, 9.17) is 17.3 Å². The summed E-state index contributed by atoms with van der Waals surface area (Å²) in [6.45, 7) is 8.85. The van der Waals surface area contributed by atoms with E-state index in [1.807, 2.05) is 0 Å². The first kappa shape index (κ1) is 14.3. The molecule has 1 aromatic rings. The lowest BCUT2D eigenvalue weighted by Crippen LogP contribution is -2.60. The Morgan fingerprint density at radius 3 is 2.42 bits per heavy atom. The fourth-order valence-electron chi connectivity index (χ4n) is 3.09. The van der Waals surface area contributed by atoms with Gasteiger partial charge in [-0.25, -0.2) is 9.97 Å². The standard InChI is InChI=1S/C13H22ClN5/c1-12(2)5-8(6-13(3,4)19-12)17-9-7-16-10(14)11(15)18-9/h7-8,19H,5-6H2,1-4H3,(H3,15,17,18). The van der Waals surface area contributed by atoms with Crippen LogP contribution in [0.15, 0.2) is 6.20 Å². The molecule has 2 heterocycles. The van der Waals surface area contributed by atoms with Crippen molar-refractivity contribution in [3.8, 4) is 0 Å². The lowest BCUT2D eigenvalue weighted by molar-refractivity contribution is 0.170. The molecule has 0 amide bonds. The minimum Gasteiger partial charge on any atom is -0.381 e. The van der Waals surface area contributed by atoms with Crippen LogP contribution in [-0.2, 0) is 0 Å². The second-order valence-electron chi connectivity index (χ2n) is 6.57. The van der Waals surface area contributed by atoms with Gasteiger partial charge in [-0.3, -0.25) is 0 Å². The van der Waals surface area contributed by atoms with E-state index in [1.54, 1.807) is 6.20 Å². The quantitative estimate of drug-likeness (QED) is 0.777. The molecule has 2 rings (SSSR count). The van der Waals surface area contributed by atoms with E-state index in [0.29, 0.717) is 11.9 Å². The maximum Gasteiger partial charge on any atom is 0.171 e. The molecule has 1 aliphatic rings. The second kappa shape index (κ2) is 4.80. The molecule has 1 saturated heterocycles. The summed E-state index contributed by atoms with van der Waals surface area (Å²) >= 11 is 5.78. The van der Waals surface area contributed by atoms with Crippen molar-refractivity contribution in [2.45, 2.75) is 57.7 Å². The number of nitrogens with two attached hydrogens (primary N) is 1. The predicted octanol–water partition coefficient (Wildman–Crippen LogP) is 2.43. The number of anilines is 2. The number of hydrogen-bond donors (Lipinski definition) is 3. The molecule has 106 valence electrons. The van der Waals surface area contributed by atoms with E-state index < -0.39 is 0 Å². The zero-order chi connectivity index (χ0) is 14.3. The zero-order valence-corrected chi connectivity index (χ0v) is 12.7. The van der Waals surface area contributed by atoms with Crippen molar-refractivity contribution in [1.29, 1.82) is 0 Å². The van der Waals surface area contributed by atoms with Crippen LogP contribution in [-0.4, -0.2) is 27.1 Å². The Balaban J connectivity index is 2.11. The van der Waals surface area contributed by atoms with Crippen molar-refractivity contribution in [2.24, 2.45) is 0 Å². The lowest BCUT2D eigenvalue weighted by atomic mass is 9.79. The Morgan fingerprint density at radius 1 is 1.32 bits per heavy atom. The molecule has 0 aliphatic carbocycles. The third kappa shape index (κ3) is 3.70. The number of halogens is 1. The summed E-state index contributed by atoms with van der Waals surface area (Å²) in [5.74, 6) is 0.944. The summed E-state index contributed by atoms with van der Waals surface area (Å²) in [6.07, 6.45) is 3.65. The van der Waals surface area contributed by atoms with Crippen LogP contribution in [0.5, 0.6) is 0 Å². The Bertz CT molecular complexity index is 456. The molecule has 5 nitrogen and oxygen atoms in total. The first-order chi connectivity index (χ1) is 8.67. The monoisotopic (exact) mass is 283 g/mol. The van der Waals surface area contributed by atoms with Gasteiger partial charge in [0.2, 0.25) is 0 Å². The van der Waals surface area contributed by atoms with Crippen LogP contribution in [0.2, 0.25) is 5.15 Å². The fraction of sp³-hybridized carbons (Fsp3) is 0.692. The van der Waals surface area contributed by atoms with Crippen LogP contribution in [0.25, 0.3) is 0 Å². The van der Waals surface area contributed by atoms with Crippen molar-refractivity contribution in [3.63, 3.8) is 0 Å². The highest BCUT2D eigenvalue weighted by Crippen LogP contribution is 2.30. The topological polar surface area (TPSA) is 75.9 Å². The Hall–Kier alpha value is -1.07. The van der Waals surface area contributed by atoms with E-state index in [0.717, 1.165) is 12.8 Å². The van der Waals surface area contributed by atoms with Crippen LogP contribution in [0, 0.1) is 0 Å². The highest BCUT2D eigenvalue weighted by atomic mass is 35.5. The molecule has 0 aromatic carbocycles. The highest BCUT2D eigenvalue weighted by molar-refractivity contribution is 6.31. The summed E-state index contributed by atoms with van der Waals surface area (Å²) < 4.78 is 0. The van der Waals surface area contributed by atoms with Crippen LogP contribution in [0.1, 0.15) is 40.5 Å². The van der Waals surface area contributed by atoms with Crippen LogP contribution in [0.3, 0.4) is 0 Å². The SMILES string of the molecule is CC1(C)CC(Nc2cnc(Cl)c(N)n2)CC(C)(C)N1. The predicted molar refractivity (Wildman–Crippen MR) is 79.4 cm³/mol. The third-order valence-corrected chi connectivity index (χ3v) is 3.59. The minimum atomic E-state index is 0.0881. The largest absolute Gasteiger partial charge is 0.381 e. The smallest absolute Gasteiger partial charge is 0.171 e. The van der Waals surface area contributed by atoms with E-state index in [2.05, 4.69) is 48.3 Å². The van der Waals surface area contributed by atoms with Crippen molar-refractivity contribution in [2.75, 3.05) is 11.1 Å². The molecular weight excluding hydrogens is 262 g/mol. The number of aromatic nitrogens is 2. The average molecular weight is 284 g/mol. The number of nitrogens with one attached hydrogen (secondary N) is 2. The van der Waals surface area contributed by atoms with Gasteiger partial charge in [0, 0.05) is 17.1 Å². The van der Waals surface area contributed by atoms with Gasteiger partial charge in [0.25, 0.3) is 0 Å². The van der Waals surface area contributed by atoms with Crippen molar-refractivity contribution < 1.29 is 0 Å². The molecule has 0 spiro atoms. The summed E-state index contributed by atoms with van der Waals surface area (Å²) in [6, 6.07) is 0.334. The van der Waals surface area contributed by atoms with Gasteiger partial charge in [-0.15, -0.1) is 0 Å². The van der Waals surface area contributed by atoms with Gasteiger partial charge in [0.15, 0.2) is 11.0 Å². The third-order valence-electron chi connectivity index (χ3n) is 3.29. The van der Waals surface area contributed by atoms with E-state index in [1.165, 1.54) is 0 Å². The number of nitrogens with zero attached hydrogens (tertiary/aromatic N) is 2. The molecule has 1 aliphatic heterocycles. The first-order valence-corrected chi connectivity index (χ1v) is 6.89. The van der Waals surface area contributed by atoms with Crippen LogP contribution < -0.4 is 16.4 Å². The maximum absolute atomic E-state index is 5.78. The lowest BCUT2D eigenvalue weighted by Gasteiger charge is -2.46. The Kier molecular flexibility index (Phi) is 3.62. The van der Waals surface area contributed by atoms with Gasteiger partial charge in [-0.1, -0.05) is 11.6 Å². The van der Waals surface area contributed by atoms with Gasteiger partial charge >= 0.3 is 0 Å². The summed E-state index contributed by atoms with van der Waals surface area (Å²) in [4.78, 5) is 8.23.